The molecule has 0 bridgehead atoms. The Morgan fingerprint density at radius 1 is 1.50 bits per heavy atom. The van der Waals surface area contributed by atoms with Crippen LogP contribution >= 0.6 is 0 Å². The molecule has 3 rings (SSSR count). The van der Waals surface area contributed by atoms with Gasteiger partial charge >= 0.3 is 0 Å². The molecule has 0 spiro atoms. The van der Waals surface area contributed by atoms with E-state index in [1.807, 2.05) is 18.2 Å². The minimum absolute atomic E-state index is 0.292. The van der Waals surface area contributed by atoms with Gasteiger partial charge in [-0.15, -0.1) is 10.2 Å². The molecule has 2 aromatic rings. The van der Waals surface area contributed by atoms with Gasteiger partial charge in [0, 0.05) is 5.56 Å². The van der Waals surface area contributed by atoms with Crippen LogP contribution in [-0.2, 0) is 20.1 Å². The average molecular weight is 246 g/mol. The Kier molecular flexibility index (Phi) is 2.71. The van der Waals surface area contributed by atoms with Crippen LogP contribution in [0.2, 0.25) is 0 Å². The number of rotatable bonds is 3. The summed E-state index contributed by atoms with van der Waals surface area (Å²) in [7, 11) is 1.72. The minimum Gasteiger partial charge on any atom is -0.485 e. The van der Waals surface area contributed by atoms with E-state index >= 15 is 0 Å². The van der Waals surface area contributed by atoms with Gasteiger partial charge in [0.05, 0.1) is 13.2 Å². The molecule has 0 aliphatic heterocycles. The summed E-state index contributed by atoms with van der Waals surface area (Å²) in [6.45, 7) is 0.292. The van der Waals surface area contributed by atoms with Gasteiger partial charge in [-0.05, 0) is 29.7 Å². The molecule has 0 saturated carbocycles. The molecule has 1 aromatic heterocycles. The molecule has 1 heterocycles. The Morgan fingerprint density at radius 2 is 2.39 bits per heavy atom. The van der Waals surface area contributed by atoms with Crippen LogP contribution < -0.4 is 4.74 Å². The SMILES string of the molecule is Cn1nnc(COc2cccc3c2CCC3O)n1. The highest BCUT2D eigenvalue weighted by Crippen LogP contribution is 2.36. The highest BCUT2D eigenvalue weighted by atomic mass is 16.5. The van der Waals surface area contributed by atoms with E-state index in [2.05, 4.69) is 15.4 Å². The van der Waals surface area contributed by atoms with Crippen LogP contribution in [0.25, 0.3) is 0 Å². The van der Waals surface area contributed by atoms with E-state index in [0.717, 1.165) is 29.7 Å². The molecule has 0 saturated heterocycles. The zero-order valence-electron chi connectivity index (χ0n) is 10.1. The summed E-state index contributed by atoms with van der Waals surface area (Å²) < 4.78 is 5.71. The predicted octanol–water partition coefficient (Wildman–Crippen LogP) is 0.769. The van der Waals surface area contributed by atoms with Crippen molar-refractivity contribution < 1.29 is 9.84 Å². The quantitative estimate of drug-likeness (QED) is 0.866. The van der Waals surface area contributed by atoms with Crippen LogP contribution in [0.15, 0.2) is 18.2 Å². The van der Waals surface area contributed by atoms with Gasteiger partial charge in [0.2, 0.25) is 5.82 Å². The number of tetrazole rings is 1. The minimum atomic E-state index is -0.363. The van der Waals surface area contributed by atoms with Gasteiger partial charge in [-0.3, -0.25) is 0 Å². The first-order valence-electron chi connectivity index (χ1n) is 5.89. The topological polar surface area (TPSA) is 73.1 Å². The monoisotopic (exact) mass is 246 g/mol. The van der Waals surface area contributed by atoms with Crippen LogP contribution in [0, 0.1) is 0 Å². The Bertz CT molecular complexity index is 567. The Labute approximate surface area is 104 Å². The number of fused-ring (bicyclic) bond motifs is 1. The summed E-state index contributed by atoms with van der Waals surface area (Å²) in [6, 6.07) is 5.75. The third-order valence-corrected chi connectivity index (χ3v) is 3.10. The summed E-state index contributed by atoms with van der Waals surface area (Å²) in [6.07, 6.45) is 1.25. The van der Waals surface area contributed by atoms with Crippen LogP contribution in [0.3, 0.4) is 0 Å². The maximum absolute atomic E-state index is 9.80. The molecule has 1 aliphatic rings. The number of aliphatic hydroxyl groups is 1. The molecule has 18 heavy (non-hydrogen) atoms. The lowest BCUT2D eigenvalue weighted by molar-refractivity contribution is 0.180. The van der Waals surface area contributed by atoms with Crippen molar-refractivity contribution in [3.05, 3.63) is 35.2 Å². The van der Waals surface area contributed by atoms with Crippen molar-refractivity contribution in [2.45, 2.75) is 25.6 Å². The van der Waals surface area contributed by atoms with Crippen molar-refractivity contribution in [1.29, 1.82) is 0 Å². The van der Waals surface area contributed by atoms with Gasteiger partial charge in [0.1, 0.15) is 5.75 Å². The highest BCUT2D eigenvalue weighted by Gasteiger charge is 2.23. The number of aliphatic hydroxyl groups excluding tert-OH is 1. The second kappa shape index (κ2) is 4.38. The molecule has 0 fully saturated rings. The van der Waals surface area contributed by atoms with Gasteiger partial charge in [0.15, 0.2) is 6.61 Å². The maximum atomic E-state index is 9.80. The van der Waals surface area contributed by atoms with Gasteiger partial charge in [-0.25, -0.2) is 0 Å². The molecule has 1 aromatic carbocycles. The van der Waals surface area contributed by atoms with E-state index in [-0.39, 0.29) is 6.10 Å². The van der Waals surface area contributed by atoms with E-state index < -0.39 is 0 Å². The fraction of sp³-hybridized carbons (Fsp3) is 0.417. The molecule has 6 heteroatoms. The third-order valence-electron chi connectivity index (χ3n) is 3.10. The van der Waals surface area contributed by atoms with E-state index in [1.165, 1.54) is 4.80 Å². The Balaban J connectivity index is 1.78. The Morgan fingerprint density at radius 3 is 3.17 bits per heavy atom. The maximum Gasteiger partial charge on any atom is 0.212 e. The zero-order valence-corrected chi connectivity index (χ0v) is 10.1. The van der Waals surface area contributed by atoms with Crippen LogP contribution in [0.4, 0.5) is 0 Å². The van der Waals surface area contributed by atoms with Gasteiger partial charge in [0.25, 0.3) is 0 Å². The number of hydrogen-bond acceptors (Lipinski definition) is 5. The first-order chi connectivity index (χ1) is 8.74. The zero-order chi connectivity index (χ0) is 12.5. The van der Waals surface area contributed by atoms with Gasteiger partial charge in [-0.1, -0.05) is 12.1 Å². The number of aryl methyl sites for hydroxylation is 1. The molecule has 1 N–H and O–H groups in total. The summed E-state index contributed by atoms with van der Waals surface area (Å²) in [4.78, 5) is 1.40. The summed E-state index contributed by atoms with van der Waals surface area (Å²) >= 11 is 0. The fourth-order valence-corrected chi connectivity index (χ4v) is 2.26. The molecule has 1 unspecified atom stereocenters. The summed E-state index contributed by atoms with van der Waals surface area (Å²) in [5, 5.41) is 21.5. The van der Waals surface area contributed by atoms with Gasteiger partial charge in [-0.2, -0.15) is 4.80 Å². The van der Waals surface area contributed by atoms with Crippen molar-refractivity contribution >= 4 is 0 Å². The molecule has 94 valence electrons. The lowest BCUT2D eigenvalue weighted by Gasteiger charge is -2.09. The molecular weight excluding hydrogens is 232 g/mol. The van der Waals surface area contributed by atoms with Crippen LogP contribution in [0.1, 0.15) is 29.5 Å². The summed E-state index contributed by atoms with van der Waals surface area (Å²) in [5.41, 5.74) is 2.06. The normalized spacial score (nSPS) is 17.8. The second-order valence-corrected chi connectivity index (χ2v) is 4.36. The third kappa shape index (κ3) is 1.95. The van der Waals surface area contributed by atoms with E-state index in [0.29, 0.717) is 12.4 Å². The highest BCUT2D eigenvalue weighted by molar-refractivity contribution is 5.44. The largest absolute Gasteiger partial charge is 0.485 e. The number of nitrogens with zero attached hydrogens (tertiary/aromatic N) is 4. The molecule has 6 nitrogen and oxygen atoms in total. The van der Waals surface area contributed by atoms with E-state index in [9.17, 15) is 5.11 Å². The molecule has 0 amide bonds. The predicted molar refractivity (Wildman–Crippen MR) is 62.9 cm³/mol. The number of ether oxygens (including phenoxy) is 1. The van der Waals surface area contributed by atoms with Crippen molar-refractivity contribution in [3.63, 3.8) is 0 Å². The van der Waals surface area contributed by atoms with Crippen molar-refractivity contribution in [3.8, 4) is 5.75 Å². The Hall–Kier alpha value is -1.95. The summed E-state index contributed by atoms with van der Waals surface area (Å²) in [5.74, 6) is 1.35. The standard InChI is InChI=1S/C12H14N4O2/c1-16-14-12(13-15-16)7-18-11-4-2-3-8-9(11)5-6-10(8)17/h2-4,10,17H,5-7H2,1H3. The number of hydrogen-bond donors (Lipinski definition) is 1. The second-order valence-electron chi connectivity index (χ2n) is 4.36. The average Bonchev–Trinajstić information content (AvgIpc) is 2.94. The molecule has 0 radical (unpaired) electrons. The fourth-order valence-electron chi connectivity index (χ4n) is 2.26. The molecule has 1 atom stereocenters. The number of benzene rings is 1. The van der Waals surface area contributed by atoms with Crippen molar-refractivity contribution in [1.82, 2.24) is 20.2 Å². The molecule has 1 aliphatic carbocycles. The first kappa shape index (κ1) is 11.2. The number of aromatic nitrogens is 4. The van der Waals surface area contributed by atoms with Crippen molar-refractivity contribution in [2.75, 3.05) is 0 Å². The smallest absolute Gasteiger partial charge is 0.212 e. The lowest BCUT2D eigenvalue weighted by atomic mass is 10.1. The van der Waals surface area contributed by atoms with Gasteiger partial charge < -0.3 is 9.84 Å². The molecular formula is C12H14N4O2. The van der Waals surface area contributed by atoms with Crippen LogP contribution in [-0.4, -0.2) is 25.3 Å². The van der Waals surface area contributed by atoms with E-state index in [4.69, 9.17) is 4.74 Å². The first-order valence-corrected chi connectivity index (χ1v) is 5.89. The van der Waals surface area contributed by atoms with E-state index in [1.54, 1.807) is 7.05 Å². The van der Waals surface area contributed by atoms with Crippen molar-refractivity contribution in [2.24, 2.45) is 7.05 Å². The van der Waals surface area contributed by atoms with Crippen LogP contribution in [0.5, 0.6) is 5.75 Å². The lowest BCUT2D eigenvalue weighted by Crippen LogP contribution is -2.01.